The second-order valence-corrected chi connectivity index (χ2v) is 6.05. The zero-order valence-electron chi connectivity index (χ0n) is 14.3. The van der Waals surface area contributed by atoms with Crippen LogP contribution in [0.25, 0.3) is 11.3 Å². The normalized spacial score (nSPS) is 16.9. The van der Waals surface area contributed by atoms with E-state index in [-0.39, 0.29) is 6.04 Å². The van der Waals surface area contributed by atoms with Crippen molar-refractivity contribution in [3.05, 3.63) is 47.5 Å². The third-order valence-corrected chi connectivity index (χ3v) is 4.24. The van der Waals surface area contributed by atoms with Crippen molar-refractivity contribution in [2.75, 3.05) is 24.7 Å². The first-order chi connectivity index (χ1) is 12.1. The van der Waals surface area contributed by atoms with Gasteiger partial charge in [0.25, 0.3) is 0 Å². The van der Waals surface area contributed by atoms with Gasteiger partial charge in [-0.2, -0.15) is 0 Å². The van der Waals surface area contributed by atoms with E-state index in [1.807, 2.05) is 43.3 Å². The highest BCUT2D eigenvalue weighted by molar-refractivity contribution is 5.88. The van der Waals surface area contributed by atoms with Gasteiger partial charge in [-0.3, -0.25) is 0 Å². The number of hydrogen-bond donors (Lipinski definition) is 1. The monoisotopic (exact) mass is 336 g/mol. The molecule has 2 heterocycles. The molecule has 3 rings (SSSR count). The summed E-state index contributed by atoms with van der Waals surface area (Å²) in [6.07, 6.45) is 0. The van der Waals surface area contributed by atoms with Crippen LogP contribution in [0.4, 0.5) is 5.82 Å². The van der Waals surface area contributed by atoms with Crippen LogP contribution in [0.2, 0.25) is 0 Å². The van der Waals surface area contributed by atoms with Crippen molar-refractivity contribution < 1.29 is 14.6 Å². The molecule has 1 aromatic heterocycles. The van der Waals surface area contributed by atoms with Gasteiger partial charge in [-0.15, -0.1) is 0 Å². The van der Waals surface area contributed by atoms with Gasteiger partial charge in [0, 0.05) is 23.6 Å². The van der Waals surface area contributed by atoms with Crippen LogP contribution in [-0.2, 0) is 9.53 Å². The van der Waals surface area contributed by atoms with E-state index in [9.17, 15) is 4.79 Å². The number of hydrogen-bond acceptors (Lipinski definition) is 4. The van der Waals surface area contributed by atoms with E-state index < -0.39 is 5.97 Å². The van der Waals surface area contributed by atoms with Crippen molar-refractivity contribution >= 4 is 11.8 Å². The number of anilines is 1. The Morgan fingerprint density at radius 1 is 1.32 bits per heavy atom. The number of nitrogens with zero attached hydrogens (tertiary/aromatic N) is 2. The Morgan fingerprint density at radius 2 is 2.12 bits per heavy atom. The molecule has 1 atom stereocenters. The van der Waals surface area contributed by atoms with E-state index in [0.717, 1.165) is 29.2 Å². The van der Waals surface area contributed by atoms with Crippen LogP contribution in [0.5, 0.6) is 0 Å². The second-order valence-electron chi connectivity index (χ2n) is 6.05. The average molecular weight is 336 g/mol. The van der Waals surface area contributed by atoms with E-state index in [2.05, 4.69) is 23.7 Å². The minimum absolute atomic E-state index is 0.264. The zero-order chi connectivity index (χ0) is 17.8. The van der Waals surface area contributed by atoms with Gasteiger partial charge in [0.2, 0.25) is 0 Å². The van der Waals surface area contributed by atoms with Gasteiger partial charge < -0.3 is 14.7 Å². The summed E-state index contributed by atoms with van der Waals surface area (Å²) < 4.78 is 5.49. The van der Waals surface area contributed by atoms with Crippen LogP contribution in [0.15, 0.2) is 36.4 Å². The second kappa shape index (κ2) is 7.37. The van der Waals surface area contributed by atoms with Gasteiger partial charge in [-0.25, -0.2) is 9.78 Å². The Kier molecular flexibility index (Phi) is 5.01. The van der Waals surface area contributed by atoms with Crippen LogP contribution in [0.3, 0.4) is 0 Å². The molecular weight excluding hydrogens is 316 g/mol. The van der Waals surface area contributed by atoms with Crippen molar-refractivity contribution in [1.29, 1.82) is 0 Å². The van der Waals surface area contributed by atoms with E-state index in [0.29, 0.717) is 18.8 Å². The standard InChI is InChI=1S/C20H20N2O3/c1-14-5-3-6-17(16(14)9-10-20(23)24)18-7-4-8-19(21-18)22-11-12-25-13-15(22)2/h3-8,15H,11-13H2,1-2H3,(H,23,24). The van der Waals surface area contributed by atoms with E-state index in [4.69, 9.17) is 14.8 Å². The summed E-state index contributed by atoms with van der Waals surface area (Å²) in [5.74, 6) is 4.73. The molecule has 5 heteroatoms. The Hall–Kier alpha value is -2.84. The third kappa shape index (κ3) is 3.81. The lowest BCUT2D eigenvalue weighted by molar-refractivity contribution is -0.130. The quantitative estimate of drug-likeness (QED) is 0.855. The fraction of sp³-hybridized carbons (Fsp3) is 0.300. The molecule has 0 spiro atoms. The maximum Gasteiger partial charge on any atom is 0.382 e. The van der Waals surface area contributed by atoms with E-state index in [1.165, 1.54) is 0 Å². The lowest BCUT2D eigenvalue weighted by Gasteiger charge is -2.34. The topological polar surface area (TPSA) is 62.7 Å². The number of carboxylic acid groups (broad SMARTS) is 1. The largest absolute Gasteiger partial charge is 0.472 e. The average Bonchev–Trinajstić information content (AvgIpc) is 2.61. The highest BCUT2D eigenvalue weighted by atomic mass is 16.5. The number of pyridine rings is 1. The first-order valence-electron chi connectivity index (χ1n) is 8.22. The van der Waals surface area contributed by atoms with Crippen LogP contribution in [0, 0.1) is 18.8 Å². The van der Waals surface area contributed by atoms with Gasteiger partial charge in [0.05, 0.1) is 24.9 Å². The molecule has 128 valence electrons. The Bertz CT molecular complexity index is 852. The van der Waals surface area contributed by atoms with Gasteiger partial charge in [0.15, 0.2) is 0 Å². The minimum atomic E-state index is -1.14. The van der Waals surface area contributed by atoms with Crippen LogP contribution >= 0.6 is 0 Å². The van der Waals surface area contributed by atoms with Gasteiger partial charge >= 0.3 is 5.97 Å². The summed E-state index contributed by atoms with van der Waals surface area (Å²) in [7, 11) is 0. The third-order valence-electron chi connectivity index (χ3n) is 4.24. The van der Waals surface area contributed by atoms with Gasteiger partial charge in [0.1, 0.15) is 5.82 Å². The molecule has 25 heavy (non-hydrogen) atoms. The maximum atomic E-state index is 10.8. The SMILES string of the molecule is Cc1cccc(-c2cccc(N3CCOCC3C)n2)c1C#CC(=O)O. The highest BCUT2D eigenvalue weighted by Gasteiger charge is 2.20. The van der Waals surface area contributed by atoms with Crippen molar-refractivity contribution in [2.24, 2.45) is 0 Å². The van der Waals surface area contributed by atoms with Crippen LogP contribution in [0.1, 0.15) is 18.1 Å². The predicted molar refractivity (Wildman–Crippen MR) is 96.6 cm³/mol. The number of ether oxygens (including phenoxy) is 1. The summed E-state index contributed by atoms with van der Waals surface area (Å²) in [5.41, 5.74) is 3.26. The first-order valence-corrected chi connectivity index (χ1v) is 8.22. The molecular formula is C20H20N2O3. The molecule has 1 N–H and O–H groups in total. The van der Waals surface area contributed by atoms with Crippen molar-refractivity contribution in [1.82, 2.24) is 4.98 Å². The number of aromatic nitrogens is 1. The molecule has 1 aliphatic heterocycles. The first kappa shape index (κ1) is 17.0. The Labute approximate surface area is 147 Å². The molecule has 1 unspecified atom stereocenters. The Balaban J connectivity index is 2.03. The molecule has 2 aromatic rings. The number of morpholine rings is 1. The maximum absolute atomic E-state index is 10.8. The molecule has 5 nitrogen and oxygen atoms in total. The molecule has 0 saturated carbocycles. The Morgan fingerprint density at radius 3 is 2.88 bits per heavy atom. The molecule has 1 aliphatic rings. The fourth-order valence-corrected chi connectivity index (χ4v) is 2.96. The van der Waals surface area contributed by atoms with Crippen LogP contribution < -0.4 is 4.90 Å². The zero-order valence-corrected chi connectivity index (χ0v) is 14.3. The summed E-state index contributed by atoms with van der Waals surface area (Å²) >= 11 is 0. The summed E-state index contributed by atoms with van der Waals surface area (Å²) in [6.45, 7) is 6.21. The van der Waals surface area contributed by atoms with Crippen LogP contribution in [-0.4, -0.2) is 41.9 Å². The molecule has 0 amide bonds. The number of aliphatic carboxylic acids is 1. The number of rotatable bonds is 2. The number of carbonyl (C=O) groups is 1. The lowest BCUT2D eigenvalue weighted by atomic mass is 9.99. The number of aryl methyl sites for hydroxylation is 1. The van der Waals surface area contributed by atoms with Gasteiger partial charge in [-0.1, -0.05) is 30.2 Å². The summed E-state index contributed by atoms with van der Waals surface area (Å²) in [6, 6.07) is 11.9. The lowest BCUT2D eigenvalue weighted by Crippen LogP contribution is -2.44. The fourth-order valence-electron chi connectivity index (χ4n) is 2.96. The molecule has 1 aromatic carbocycles. The van der Waals surface area contributed by atoms with Crippen molar-refractivity contribution in [2.45, 2.75) is 19.9 Å². The molecule has 1 fully saturated rings. The number of benzene rings is 1. The summed E-state index contributed by atoms with van der Waals surface area (Å²) in [4.78, 5) is 17.8. The highest BCUT2D eigenvalue weighted by Crippen LogP contribution is 2.27. The molecule has 0 aliphatic carbocycles. The van der Waals surface area contributed by atoms with E-state index in [1.54, 1.807) is 0 Å². The smallest absolute Gasteiger partial charge is 0.382 e. The molecule has 1 saturated heterocycles. The van der Waals surface area contributed by atoms with Crippen molar-refractivity contribution in [3.8, 4) is 23.1 Å². The summed E-state index contributed by atoms with van der Waals surface area (Å²) in [5, 5.41) is 8.86. The van der Waals surface area contributed by atoms with E-state index >= 15 is 0 Å². The van der Waals surface area contributed by atoms with Crippen molar-refractivity contribution in [3.63, 3.8) is 0 Å². The van der Waals surface area contributed by atoms with Gasteiger partial charge in [-0.05, 0) is 31.5 Å². The molecule has 0 bridgehead atoms. The minimum Gasteiger partial charge on any atom is -0.472 e. The number of carboxylic acids is 1. The predicted octanol–water partition coefficient (Wildman–Crippen LogP) is 2.72. The molecule has 0 radical (unpaired) electrons.